The van der Waals surface area contributed by atoms with Crippen LogP contribution in [0.1, 0.15) is 54.9 Å². The highest BCUT2D eigenvalue weighted by Crippen LogP contribution is 2.40. The van der Waals surface area contributed by atoms with Crippen LogP contribution in [0.2, 0.25) is 0 Å². The number of rotatable bonds is 6. The maximum absolute atomic E-state index is 12.4. The topological polar surface area (TPSA) is 81.7 Å². The summed E-state index contributed by atoms with van der Waals surface area (Å²) in [5, 5.41) is 3.22. The largest absolute Gasteiger partial charge is 0.462 e. The number of carbonyl (C=O) groups excluding carboxylic acids is 3. The lowest BCUT2D eigenvalue weighted by atomic mass is 9.88. The van der Waals surface area contributed by atoms with Gasteiger partial charge in [-0.2, -0.15) is 0 Å². The predicted molar refractivity (Wildman–Crippen MR) is 100 cm³/mol. The van der Waals surface area contributed by atoms with Crippen molar-refractivity contribution in [3.05, 3.63) is 28.2 Å². The Kier molecular flexibility index (Phi) is 6.97. The van der Waals surface area contributed by atoms with Gasteiger partial charge >= 0.3 is 11.9 Å². The van der Waals surface area contributed by atoms with Gasteiger partial charge in [-0.25, -0.2) is 9.59 Å². The molecule has 7 heteroatoms. The molecule has 142 valence electrons. The van der Waals surface area contributed by atoms with Gasteiger partial charge in [0.05, 0.1) is 12.2 Å². The van der Waals surface area contributed by atoms with Crippen molar-refractivity contribution in [2.75, 3.05) is 11.9 Å². The number of allylic oxidation sites excluding steroid dienone is 1. The molecule has 26 heavy (non-hydrogen) atoms. The molecule has 0 radical (unpaired) electrons. The number of esters is 2. The van der Waals surface area contributed by atoms with Crippen LogP contribution in [0.3, 0.4) is 0 Å². The van der Waals surface area contributed by atoms with E-state index in [9.17, 15) is 14.4 Å². The Morgan fingerprint density at radius 1 is 1.38 bits per heavy atom. The molecule has 1 N–H and O–H groups in total. The first-order valence-electron chi connectivity index (χ1n) is 8.83. The van der Waals surface area contributed by atoms with Gasteiger partial charge in [0.25, 0.3) is 5.91 Å². The standard InChI is InChI=1S/C19H25NO5S/c1-5-7-15(21)25-12(4)17(22)20-18-16(19(23)24-6-2)13-9-8-11(3)10-14(13)26-18/h5,7,11-12H,6,8-10H2,1-4H3,(H,20,22)/b7-5+/t11-,12-/m1/s1. The zero-order valence-electron chi connectivity index (χ0n) is 15.6. The Hall–Kier alpha value is -2.15. The molecule has 0 saturated carbocycles. The van der Waals surface area contributed by atoms with Gasteiger partial charge in [-0.1, -0.05) is 13.0 Å². The molecule has 0 saturated heterocycles. The molecule has 0 unspecified atom stereocenters. The Bertz CT molecular complexity index is 722. The summed E-state index contributed by atoms with van der Waals surface area (Å²) >= 11 is 1.41. The quantitative estimate of drug-likeness (QED) is 0.604. The van der Waals surface area contributed by atoms with Gasteiger partial charge in [0.2, 0.25) is 0 Å². The molecule has 0 spiro atoms. The maximum Gasteiger partial charge on any atom is 0.341 e. The van der Waals surface area contributed by atoms with Crippen molar-refractivity contribution in [3.63, 3.8) is 0 Å². The summed E-state index contributed by atoms with van der Waals surface area (Å²) in [6.45, 7) is 7.38. The van der Waals surface area contributed by atoms with E-state index in [2.05, 4.69) is 12.2 Å². The van der Waals surface area contributed by atoms with Gasteiger partial charge in [-0.15, -0.1) is 11.3 Å². The molecule has 1 aliphatic rings. The fraction of sp³-hybridized carbons (Fsp3) is 0.526. The zero-order valence-corrected chi connectivity index (χ0v) is 16.4. The zero-order chi connectivity index (χ0) is 19.3. The number of ether oxygens (including phenoxy) is 2. The minimum atomic E-state index is -0.966. The minimum Gasteiger partial charge on any atom is -0.462 e. The Balaban J connectivity index is 2.23. The van der Waals surface area contributed by atoms with E-state index in [1.54, 1.807) is 19.9 Å². The number of fused-ring (bicyclic) bond motifs is 1. The van der Waals surface area contributed by atoms with Crippen LogP contribution < -0.4 is 5.32 Å². The van der Waals surface area contributed by atoms with Gasteiger partial charge in [-0.05, 0) is 51.5 Å². The van der Waals surface area contributed by atoms with E-state index in [4.69, 9.17) is 9.47 Å². The Morgan fingerprint density at radius 2 is 2.12 bits per heavy atom. The van der Waals surface area contributed by atoms with Crippen molar-refractivity contribution in [3.8, 4) is 0 Å². The van der Waals surface area contributed by atoms with Crippen LogP contribution in [-0.4, -0.2) is 30.6 Å². The first kappa shape index (κ1) is 20.2. The van der Waals surface area contributed by atoms with Crippen LogP contribution >= 0.6 is 11.3 Å². The third kappa shape index (κ3) is 4.72. The average molecular weight is 379 g/mol. The highest BCUT2D eigenvalue weighted by Gasteiger charge is 2.30. The predicted octanol–water partition coefficient (Wildman–Crippen LogP) is 3.50. The highest BCUT2D eigenvalue weighted by molar-refractivity contribution is 7.17. The van der Waals surface area contributed by atoms with E-state index in [0.717, 1.165) is 29.7 Å². The molecule has 1 aromatic rings. The van der Waals surface area contributed by atoms with Gasteiger partial charge in [0, 0.05) is 11.0 Å². The molecule has 2 atom stereocenters. The maximum atomic E-state index is 12.4. The van der Waals surface area contributed by atoms with Crippen LogP contribution in [0.25, 0.3) is 0 Å². The van der Waals surface area contributed by atoms with Crippen LogP contribution in [0, 0.1) is 5.92 Å². The number of hydrogen-bond donors (Lipinski definition) is 1. The lowest BCUT2D eigenvalue weighted by Crippen LogP contribution is -2.29. The number of carbonyl (C=O) groups is 3. The first-order valence-corrected chi connectivity index (χ1v) is 9.64. The SMILES string of the molecule is C/C=C/C(=O)O[C@H](C)C(=O)Nc1sc2c(c1C(=O)OCC)CC[C@@H](C)C2. The van der Waals surface area contributed by atoms with E-state index in [0.29, 0.717) is 16.5 Å². The molecular formula is C19H25NO5S. The summed E-state index contributed by atoms with van der Waals surface area (Å²) in [6, 6.07) is 0. The fourth-order valence-corrected chi connectivity index (χ4v) is 4.28. The molecule has 1 heterocycles. The van der Waals surface area contributed by atoms with Crippen LogP contribution in [0.15, 0.2) is 12.2 Å². The lowest BCUT2D eigenvalue weighted by Gasteiger charge is -2.18. The van der Waals surface area contributed by atoms with Gasteiger partial charge in [-0.3, -0.25) is 4.79 Å². The fourth-order valence-electron chi connectivity index (χ4n) is 2.87. The molecular weight excluding hydrogens is 354 g/mol. The van der Waals surface area contributed by atoms with E-state index < -0.39 is 23.9 Å². The van der Waals surface area contributed by atoms with E-state index in [1.807, 2.05) is 0 Å². The Labute approximate surface area is 157 Å². The van der Waals surface area contributed by atoms with Crippen molar-refractivity contribution in [2.45, 2.75) is 53.1 Å². The second-order valence-electron chi connectivity index (χ2n) is 6.34. The second-order valence-corrected chi connectivity index (χ2v) is 7.45. The molecule has 1 aliphatic carbocycles. The molecule has 6 nitrogen and oxygen atoms in total. The van der Waals surface area contributed by atoms with Crippen molar-refractivity contribution in [1.82, 2.24) is 0 Å². The van der Waals surface area contributed by atoms with E-state index in [-0.39, 0.29) is 6.61 Å². The lowest BCUT2D eigenvalue weighted by molar-refractivity contribution is -0.148. The third-order valence-corrected chi connectivity index (χ3v) is 5.36. The average Bonchev–Trinajstić information content (AvgIpc) is 2.91. The summed E-state index contributed by atoms with van der Waals surface area (Å²) in [5.41, 5.74) is 1.42. The molecule has 0 fully saturated rings. The Morgan fingerprint density at radius 3 is 2.77 bits per heavy atom. The van der Waals surface area contributed by atoms with Crippen molar-refractivity contribution in [1.29, 1.82) is 0 Å². The van der Waals surface area contributed by atoms with Gasteiger partial charge in [0.1, 0.15) is 5.00 Å². The highest BCUT2D eigenvalue weighted by atomic mass is 32.1. The monoisotopic (exact) mass is 379 g/mol. The summed E-state index contributed by atoms with van der Waals surface area (Å²) in [6.07, 6.45) is 4.50. The van der Waals surface area contributed by atoms with Crippen LogP contribution in [0.4, 0.5) is 5.00 Å². The van der Waals surface area contributed by atoms with E-state index in [1.165, 1.54) is 24.3 Å². The van der Waals surface area contributed by atoms with Crippen LogP contribution in [-0.2, 0) is 31.9 Å². The molecule has 0 aromatic carbocycles. The van der Waals surface area contributed by atoms with Crippen molar-refractivity contribution in [2.24, 2.45) is 5.92 Å². The number of hydrogen-bond acceptors (Lipinski definition) is 6. The summed E-state index contributed by atoms with van der Waals surface area (Å²) < 4.78 is 10.2. The normalized spacial score (nSPS) is 17.5. The molecule has 1 amide bonds. The van der Waals surface area contributed by atoms with Crippen molar-refractivity contribution < 1.29 is 23.9 Å². The molecule has 2 rings (SSSR count). The summed E-state index contributed by atoms with van der Waals surface area (Å²) in [4.78, 5) is 37.5. The van der Waals surface area contributed by atoms with E-state index >= 15 is 0 Å². The molecule has 0 aliphatic heterocycles. The first-order chi connectivity index (χ1) is 12.4. The van der Waals surface area contributed by atoms with Gasteiger partial charge < -0.3 is 14.8 Å². The third-order valence-electron chi connectivity index (χ3n) is 4.19. The van der Waals surface area contributed by atoms with Crippen LogP contribution in [0.5, 0.6) is 0 Å². The van der Waals surface area contributed by atoms with Gasteiger partial charge in [0.15, 0.2) is 6.10 Å². The number of amides is 1. The molecule has 0 bridgehead atoms. The minimum absolute atomic E-state index is 0.268. The van der Waals surface area contributed by atoms with Crippen molar-refractivity contribution >= 4 is 34.2 Å². The number of thiophene rings is 1. The second kappa shape index (κ2) is 8.98. The molecule has 1 aromatic heterocycles. The number of nitrogens with one attached hydrogen (secondary N) is 1. The smallest absolute Gasteiger partial charge is 0.341 e. The summed E-state index contributed by atoms with van der Waals surface area (Å²) in [7, 11) is 0. The summed E-state index contributed by atoms with van der Waals surface area (Å²) in [5.74, 6) is -0.936. The number of anilines is 1.